The van der Waals surface area contributed by atoms with Crippen LogP contribution in [0.25, 0.3) is 10.9 Å². The van der Waals surface area contributed by atoms with Crippen molar-refractivity contribution in [2.75, 3.05) is 5.32 Å². The number of anilines is 1. The molecule has 0 saturated heterocycles. The second-order valence-corrected chi connectivity index (χ2v) is 5.39. The highest BCUT2D eigenvalue weighted by atomic mass is 32.1. The Morgan fingerprint density at radius 1 is 1.39 bits per heavy atom. The predicted molar refractivity (Wildman–Crippen MR) is 75.0 cm³/mol. The number of hydrogen-bond acceptors (Lipinski definition) is 4. The Bertz CT molecular complexity index is 670. The summed E-state index contributed by atoms with van der Waals surface area (Å²) >= 11 is 1.68. The first-order chi connectivity index (χ1) is 8.72. The number of fused-ring (bicyclic) bond motifs is 1. The number of nitrogens with zero attached hydrogens (tertiary/aromatic N) is 2. The van der Waals surface area contributed by atoms with E-state index < -0.39 is 0 Å². The number of aromatic nitrogens is 3. The molecule has 0 bridgehead atoms. The molecule has 2 heterocycles. The van der Waals surface area contributed by atoms with E-state index in [-0.39, 0.29) is 6.04 Å². The maximum atomic E-state index is 4.50. The van der Waals surface area contributed by atoms with Gasteiger partial charge in [0.15, 0.2) is 0 Å². The molecule has 0 saturated carbocycles. The fourth-order valence-corrected chi connectivity index (χ4v) is 2.64. The lowest BCUT2D eigenvalue weighted by Gasteiger charge is -2.13. The van der Waals surface area contributed by atoms with Crippen molar-refractivity contribution < 1.29 is 0 Å². The van der Waals surface area contributed by atoms with Crippen LogP contribution in [0.3, 0.4) is 0 Å². The van der Waals surface area contributed by atoms with E-state index >= 15 is 0 Å². The lowest BCUT2D eigenvalue weighted by atomic mass is 10.2. The van der Waals surface area contributed by atoms with E-state index in [1.54, 1.807) is 11.3 Å². The second kappa shape index (κ2) is 4.42. The zero-order valence-corrected chi connectivity index (χ0v) is 11.1. The van der Waals surface area contributed by atoms with Gasteiger partial charge < -0.3 is 5.32 Å². The van der Waals surface area contributed by atoms with Gasteiger partial charge in [0.2, 0.25) is 0 Å². The summed E-state index contributed by atoms with van der Waals surface area (Å²) in [5, 5.41) is 14.7. The van der Waals surface area contributed by atoms with Crippen molar-refractivity contribution in [2.45, 2.75) is 19.9 Å². The number of aryl methyl sites for hydroxylation is 1. The molecular weight excluding hydrogens is 244 g/mol. The molecule has 2 aromatic heterocycles. The molecule has 5 heteroatoms. The van der Waals surface area contributed by atoms with Crippen LogP contribution < -0.4 is 5.32 Å². The van der Waals surface area contributed by atoms with Crippen LogP contribution in [0.1, 0.15) is 23.7 Å². The van der Waals surface area contributed by atoms with E-state index in [1.165, 1.54) is 0 Å². The fraction of sp³-hybridized carbons (Fsp3) is 0.231. The quantitative estimate of drug-likeness (QED) is 0.756. The molecule has 0 amide bonds. The van der Waals surface area contributed by atoms with Crippen molar-refractivity contribution >= 4 is 27.9 Å². The van der Waals surface area contributed by atoms with Crippen LogP contribution in [0.2, 0.25) is 0 Å². The maximum absolute atomic E-state index is 4.50. The molecular formula is C13H14N4S. The number of thiazole rings is 1. The van der Waals surface area contributed by atoms with Crippen LogP contribution in [0, 0.1) is 6.92 Å². The van der Waals surface area contributed by atoms with E-state index in [0.29, 0.717) is 0 Å². The lowest BCUT2D eigenvalue weighted by molar-refractivity contribution is 0.846. The van der Waals surface area contributed by atoms with Crippen LogP contribution in [-0.2, 0) is 0 Å². The van der Waals surface area contributed by atoms with Gasteiger partial charge in [-0.1, -0.05) is 0 Å². The molecule has 92 valence electrons. The van der Waals surface area contributed by atoms with Crippen molar-refractivity contribution in [1.82, 2.24) is 15.2 Å². The first-order valence-electron chi connectivity index (χ1n) is 5.84. The molecule has 18 heavy (non-hydrogen) atoms. The zero-order valence-electron chi connectivity index (χ0n) is 10.3. The Morgan fingerprint density at radius 2 is 2.28 bits per heavy atom. The molecule has 0 aliphatic carbocycles. The molecule has 0 aliphatic heterocycles. The minimum atomic E-state index is 0.208. The molecule has 2 N–H and O–H groups in total. The summed E-state index contributed by atoms with van der Waals surface area (Å²) in [6.45, 7) is 4.15. The van der Waals surface area contributed by atoms with E-state index in [2.05, 4.69) is 44.9 Å². The Kier molecular flexibility index (Phi) is 2.76. The zero-order chi connectivity index (χ0) is 12.5. The van der Waals surface area contributed by atoms with Gasteiger partial charge in [-0.05, 0) is 32.0 Å². The average molecular weight is 258 g/mol. The topological polar surface area (TPSA) is 53.6 Å². The molecule has 1 unspecified atom stereocenters. The Hall–Kier alpha value is -1.88. The number of rotatable bonds is 3. The molecule has 1 aromatic carbocycles. The SMILES string of the molecule is Cc1nc(C(C)Nc2ccc3[nH]ncc3c2)cs1. The van der Waals surface area contributed by atoms with Gasteiger partial charge in [-0.3, -0.25) is 5.10 Å². The monoisotopic (exact) mass is 258 g/mol. The molecule has 4 nitrogen and oxygen atoms in total. The van der Waals surface area contributed by atoms with E-state index in [4.69, 9.17) is 0 Å². The molecule has 0 radical (unpaired) electrons. The molecule has 0 aliphatic rings. The third-order valence-electron chi connectivity index (χ3n) is 2.90. The Morgan fingerprint density at radius 3 is 3.06 bits per heavy atom. The third kappa shape index (κ3) is 2.09. The van der Waals surface area contributed by atoms with Gasteiger partial charge >= 0.3 is 0 Å². The van der Waals surface area contributed by atoms with Gasteiger partial charge in [-0.15, -0.1) is 11.3 Å². The van der Waals surface area contributed by atoms with Crippen molar-refractivity contribution in [3.05, 3.63) is 40.5 Å². The summed E-state index contributed by atoms with van der Waals surface area (Å²) in [6.07, 6.45) is 1.83. The predicted octanol–water partition coefficient (Wildman–Crippen LogP) is 3.50. The van der Waals surface area contributed by atoms with E-state index in [1.807, 2.05) is 19.2 Å². The third-order valence-corrected chi connectivity index (χ3v) is 3.70. The minimum Gasteiger partial charge on any atom is -0.377 e. The summed E-state index contributed by atoms with van der Waals surface area (Å²) in [7, 11) is 0. The van der Waals surface area contributed by atoms with Crippen molar-refractivity contribution in [3.8, 4) is 0 Å². The minimum absolute atomic E-state index is 0.208. The second-order valence-electron chi connectivity index (χ2n) is 4.33. The largest absolute Gasteiger partial charge is 0.377 e. The average Bonchev–Trinajstić information content (AvgIpc) is 2.96. The smallest absolute Gasteiger partial charge is 0.0898 e. The molecule has 1 atom stereocenters. The Balaban J connectivity index is 1.83. The number of nitrogens with one attached hydrogen (secondary N) is 2. The first kappa shape index (κ1) is 11.2. The van der Waals surface area contributed by atoms with Crippen LogP contribution in [0.5, 0.6) is 0 Å². The van der Waals surface area contributed by atoms with E-state index in [0.717, 1.165) is 27.3 Å². The lowest BCUT2D eigenvalue weighted by Crippen LogP contribution is -2.06. The highest BCUT2D eigenvalue weighted by Gasteiger charge is 2.09. The van der Waals surface area contributed by atoms with Crippen LogP contribution in [0.15, 0.2) is 29.8 Å². The van der Waals surface area contributed by atoms with E-state index in [9.17, 15) is 0 Å². The molecule has 0 fully saturated rings. The van der Waals surface area contributed by atoms with Gasteiger partial charge in [0.25, 0.3) is 0 Å². The van der Waals surface area contributed by atoms with Crippen molar-refractivity contribution in [3.63, 3.8) is 0 Å². The first-order valence-corrected chi connectivity index (χ1v) is 6.72. The summed E-state index contributed by atoms with van der Waals surface area (Å²) in [4.78, 5) is 4.50. The number of hydrogen-bond donors (Lipinski definition) is 2. The fourth-order valence-electron chi connectivity index (χ4n) is 1.94. The standard InChI is InChI=1S/C13H14N4S/c1-8(13-7-18-9(2)16-13)15-11-3-4-12-10(5-11)6-14-17-12/h3-8,15H,1-2H3,(H,14,17). The van der Waals surface area contributed by atoms with Gasteiger partial charge in [0, 0.05) is 16.5 Å². The van der Waals surface area contributed by atoms with Gasteiger partial charge in [-0.25, -0.2) is 4.98 Å². The van der Waals surface area contributed by atoms with Crippen LogP contribution in [-0.4, -0.2) is 15.2 Å². The van der Waals surface area contributed by atoms with Gasteiger partial charge in [0.05, 0.1) is 28.5 Å². The number of aromatic amines is 1. The van der Waals surface area contributed by atoms with Gasteiger partial charge in [-0.2, -0.15) is 5.10 Å². The molecule has 3 aromatic rings. The Labute approximate surface area is 109 Å². The molecule has 0 spiro atoms. The summed E-state index contributed by atoms with van der Waals surface area (Å²) < 4.78 is 0. The number of H-pyrrole nitrogens is 1. The van der Waals surface area contributed by atoms with Crippen LogP contribution >= 0.6 is 11.3 Å². The maximum Gasteiger partial charge on any atom is 0.0898 e. The summed E-state index contributed by atoms with van der Waals surface area (Å²) in [6, 6.07) is 6.38. The highest BCUT2D eigenvalue weighted by Crippen LogP contribution is 2.23. The normalized spacial score (nSPS) is 12.8. The van der Waals surface area contributed by atoms with Crippen molar-refractivity contribution in [1.29, 1.82) is 0 Å². The number of benzene rings is 1. The molecule has 3 rings (SSSR count). The van der Waals surface area contributed by atoms with Crippen molar-refractivity contribution in [2.24, 2.45) is 0 Å². The summed E-state index contributed by atoms with van der Waals surface area (Å²) in [5.74, 6) is 0. The highest BCUT2D eigenvalue weighted by molar-refractivity contribution is 7.09. The summed E-state index contributed by atoms with van der Waals surface area (Å²) in [5.41, 5.74) is 3.23. The van der Waals surface area contributed by atoms with Gasteiger partial charge in [0.1, 0.15) is 0 Å². The van der Waals surface area contributed by atoms with Crippen LogP contribution in [0.4, 0.5) is 5.69 Å².